The van der Waals surface area contributed by atoms with E-state index in [0.717, 1.165) is 16.5 Å². The monoisotopic (exact) mass is 431 g/mol. The lowest BCUT2D eigenvalue weighted by Crippen LogP contribution is -2.64. The highest BCUT2D eigenvalue weighted by Crippen LogP contribution is 2.41. The van der Waals surface area contributed by atoms with Crippen LogP contribution in [0.3, 0.4) is 0 Å². The highest BCUT2D eigenvalue weighted by atomic mass is 16.4. The van der Waals surface area contributed by atoms with Crippen molar-refractivity contribution in [3.8, 4) is 0 Å². The standard InChI is InChI=1S/C26H26N2O4/c1-26(2,3)28(20-11-5-4-6-12-20)16-21(25(31)32)22(24(28)30)27-23(29)19-14-13-17-9-7-8-10-18(17)15-19/h4-15,21-22H,16H2,1-3H3,(H-,27,29,31,32)/p+1/t21-,22-,28?/m0/s1. The summed E-state index contributed by atoms with van der Waals surface area (Å²) < 4.78 is -0.145. The Morgan fingerprint density at radius 3 is 2.19 bits per heavy atom. The zero-order valence-corrected chi connectivity index (χ0v) is 18.4. The molecular formula is C26H27N2O4+. The first-order chi connectivity index (χ1) is 15.1. The van der Waals surface area contributed by atoms with Gasteiger partial charge in [0, 0.05) is 5.56 Å². The lowest BCUT2D eigenvalue weighted by atomic mass is 9.99. The van der Waals surface area contributed by atoms with Crippen LogP contribution in [0, 0.1) is 5.92 Å². The largest absolute Gasteiger partial charge is 0.481 e. The number of quaternary nitrogens is 1. The summed E-state index contributed by atoms with van der Waals surface area (Å²) in [6.45, 7) is 5.84. The Balaban J connectivity index is 1.73. The van der Waals surface area contributed by atoms with Crippen LogP contribution in [0.4, 0.5) is 5.69 Å². The minimum Gasteiger partial charge on any atom is -0.481 e. The number of likely N-dealkylation sites (tertiary alicyclic amines) is 1. The molecule has 1 heterocycles. The molecule has 6 heteroatoms. The quantitative estimate of drug-likeness (QED) is 0.612. The van der Waals surface area contributed by atoms with E-state index in [-0.39, 0.29) is 16.9 Å². The number of amides is 2. The van der Waals surface area contributed by atoms with Crippen molar-refractivity contribution in [2.24, 2.45) is 5.92 Å². The zero-order chi connectivity index (χ0) is 23.1. The van der Waals surface area contributed by atoms with Crippen LogP contribution in [0.5, 0.6) is 0 Å². The number of para-hydroxylation sites is 1. The van der Waals surface area contributed by atoms with Crippen molar-refractivity contribution in [3.63, 3.8) is 0 Å². The number of carbonyl (C=O) groups excluding carboxylic acids is 2. The van der Waals surface area contributed by atoms with Crippen LogP contribution in [0.25, 0.3) is 10.8 Å². The van der Waals surface area contributed by atoms with Gasteiger partial charge in [0.2, 0.25) is 0 Å². The Hall–Kier alpha value is -3.51. The van der Waals surface area contributed by atoms with Crippen molar-refractivity contribution in [1.82, 2.24) is 9.80 Å². The Labute approximate surface area is 187 Å². The molecule has 4 rings (SSSR count). The molecule has 6 nitrogen and oxygen atoms in total. The van der Waals surface area contributed by atoms with E-state index in [4.69, 9.17) is 0 Å². The number of fused-ring (bicyclic) bond motifs is 1. The molecule has 1 fully saturated rings. The summed E-state index contributed by atoms with van der Waals surface area (Å²) in [4.78, 5) is 39.1. The van der Waals surface area contributed by atoms with E-state index in [1.54, 1.807) is 12.1 Å². The molecule has 2 amide bonds. The normalized spacial score (nSPS) is 23.3. The summed E-state index contributed by atoms with van der Waals surface area (Å²) in [5, 5.41) is 14.6. The summed E-state index contributed by atoms with van der Waals surface area (Å²) in [6.07, 6.45) is 0. The Morgan fingerprint density at radius 2 is 1.56 bits per heavy atom. The van der Waals surface area contributed by atoms with E-state index >= 15 is 0 Å². The third-order valence-corrected chi connectivity index (χ3v) is 6.47. The van der Waals surface area contributed by atoms with Crippen LogP contribution in [0.15, 0.2) is 72.8 Å². The van der Waals surface area contributed by atoms with Gasteiger partial charge in [-0.3, -0.25) is 9.59 Å². The van der Waals surface area contributed by atoms with Crippen molar-refractivity contribution >= 4 is 34.2 Å². The van der Waals surface area contributed by atoms with Crippen molar-refractivity contribution in [2.75, 3.05) is 6.54 Å². The molecule has 3 atom stereocenters. The van der Waals surface area contributed by atoms with Gasteiger partial charge in [-0.1, -0.05) is 48.5 Å². The molecule has 32 heavy (non-hydrogen) atoms. The summed E-state index contributed by atoms with van der Waals surface area (Å²) in [5.41, 5.74) is 0.508. The topological polar surface area (TPSA) is 83.5 Å². The lowest BCUT2D eigenvalue weighted by Gasteiger charge is -2.42. The number of nitrogens with zero attached hydrogens (tertiary/aromatic N) is 1. The number of benzene rings is 3. The molecule has 0 spiro atoms. The Morgan fingerprint density at radius 1 is 0.938 bits per heavy atom. The number of carboxylic acid groups (broad SMARTS) is 1. The molecule has 3 aromatic carbocycles. The molecule has 2 N–H and O–H groups in total. The minimum absolute atomic E-state index is 0.0738. The van der Waals surface area contributed by atoms with Gasteiger partial charge in [-0.15, -0.1) is 0 Å². The maximum absolute atomic E-state index is 13.9. The van der Waals surface area contributed by atoms with Gasteiger partial charge >= 0.3 is 11.9 Å². The third kappa shape index (κ3) is 3.46. The summed E-state index contributed by atoms with van der Waals surface area (Å²) in [7, 11) is 0. The molecule has 0 aliphatic carbocycles. The molecule has 1 saturated heterocycles. The fraction of sp³-hybridized carbons (Fsp3) is 0.269. The van der Waals surface area contributed by atoms with E-state index in [1.807, 2.05) is 81.4 Å². The smallest absolute Gasteiger partial charge is 0.342 e. The number of carbonyl (C=O) groups is 3. The fourth-order valence-corrected chi connectivity index (χ4v) is 4.74. The third-order valence-electron chi connectivity index (χ3n) is 6.47. The van der Waals surface area contributed by atoms with Gasteiger partial charge in [0.15, 0.2) is 6.04 Å². The summed E-state index contributed by atoms with van der Waals surface area (Å²) >= 11 is 0. The van der Waals surface area contributed by atoms with E-state index in [0.29, 0.717) is 5.56 Å². The number of carboxylic acids is 1. The first kappa shape index (κ1) is 21.7. The molecule has 0 aromatic heterocycles. The SMILES string of the molecule is CC(C)(C)[N+]1(c2ccccc2)C[C@H](C(=O)O)[C@H](NC(=O)c2ccc3ccccc3c2)C1=O. The van der Waals surface area contributed by atoms with Crippen LogP contribution in [0.1, 0.15) is 31.1 Å². The summed E-state index contributed by atoms with van der Waals surface area (Å²) in [5.74, 6) is -2.90. The van der Waals surface area contributed by atoms with Crippen molar-refractivity contribution < 1.29 is 19.5 Å². The van der Waals surface area contributed by atoms with E-state index in [2.05, 4.69) is 5.32 Å². The van der Waals surface area contributed by atoms with Gasteiger partial charge in [-0.25, -0.2) is 9.28 Å². The van der Waals surface area contributed by atoms with Crippen LogP contribution >= 0.6 is 0 Å². The van der Waals surface area contributed by atoms with E-state index < -0.39 is 29.4 Å². The molecule has 1 unspecified atom stereocenters. The highest BCUT2D eigenvalue weighted by Gasteiger charge is 2.63. The highest BCUT2D eigenvalue weighted by molar-refractivity contribution is 6.05. The fourth-order valence-electron chi connectivity index (χ4n) is 4.74. The van der Waals surface area contributed by atoms with Crippen LogP contribution in [0.2, 0.25) is 0 Å². The molecular weight excluding hydrogens is 404 g/mol. The molecule has 0 radical (unpaired) electrons. The Bertz CT molecular complexity index is 1200. The van der Waals surface area contributed by atoms with Crippen LogP contribution in [-0.2, 0) is 9.59 Å². The van der Waals surface area contributed by atoms with Crippen molar-refractivity contribution in [2.45, 2.75) is 32.4 Å². The van der Waals surface area contributed by atoms with Crippen molar-refractivity contribution in [3.05, 3.63) is 78.4 Å². The van der Waals surface area contributed by atoms with Gasteiger partial charge in [0.25, 0.3) is 5.91 Å². The van der Waals surface area contributed by atoms with Gasteiger partial charge in [-0.2, -0.15) is 0 Å². The number of rotatable bonds is 4. The van der Waals surface area contributed by atoms with Gasteiger partial charge in [0.1, 0.15) is 23.7 Å². The zero-order valence-electron chi connectivity index (χ0n) is 18.4. The number of aliphatic carboxylic acids is 1. The van der Waals surface area contributed by atoms with E-state index in [9.17, 15) is 19.5 Å². The predicted molar refractivity (Wildman–Crippen MR) is 124 cm³/mol. The van der Waals surface area contributed by atoms with Crippen LogP contribution in [-0.4, -0.2) is 41.0 Å². The average Bonchev–Trinajstić information content (AvgIpc) is 3.07. The molecule has 3 aromatic rings. The maximum Gasteiger partial charge on any atom is 0.342 e. The van der Waals surface area contributed by atoms with Gasteiger partial charge in [-0.05, 0) is 55.8 Å². The molecule has 1 aliphatic rings. The molecule has 1 aliphatic heterocycles. The second-order valence-corrected chi connectivity index (χ2v) is 9.29. The van der Waals surface area contributed by atoms with Gasteiger partial charge in [0.05, 0.1) is 0 Å². The molecule has 164 valence electrons. The maximum atomic E-state index is 13.9. The second kappa shape index (κ2) is 7.88. The lowest BCUT2D eigenvalue weighted by molar-refractivity contribution is -0.142. The summed E-state index contributed by atoms with van der Waals surface area (Å²) in [6, 6.07) is 21.0. The van der Waals surface area contributed by atoms with E-state index in [1.165, 1.54) is 0 Å². The van der Waals surface area contributed by atoms with Crippen LogP contribution < -0.4 is 9.80 Å². The van der Waals surface area contributed by atoms with Crippen molar-refractivity contribution in [1.29, 1.82) is 0 Å². The first-order valence-electron chi connectivity index (χ1n) is 10.7. The number of hydrogen-bond acceptors (Lipinski definition) is 3. The van der Waals surface area contributed by atoms with Gasteiger partial charge < -0.3 is 10.4 Å². The second-order valence-electron chi connectivity index (χ2n) is 9.29. The predicted octanol–water partition coefficient (Wildman–Crippen LogP) is 3.99. The minimum atomic E-state index is -1.13. The average molecular weight is 432 g/mol. The first-order valence-corrected chi connectivity index (χ1v) is 10.7. The number of hydrogen-bond donors (Lipinski definition) is 2. The molecule has 0 saturated carbocycles. The number of nitrogens with one attached hydrogen (secondary N) is 1. The Kier molecular flexibility index (Phi) is 5.34. The molecule has 0 bridgehead atoms.